The van der Waals surface area contributed by atoms with Crippen molar-refractivity contribution in [2.75, 3.05) is 11.9 Å². The average Bonchev–Trinajstić information content (AvgIpc) is 2.61. The summed E-state index contributed by atoms with van der Waals surface area (Å²) in [6.07, 6.45) is -5.85. The highest BCUT2D eigenvalue weighted by Gasteiger charge is 2.27. The molecule has 0 aromatic heterocycles. The molecule has 0 aliphatic heterocycles. The lowest BCUT2D eigenvalue weighted by atomic mass is 10.1. The van der Waals surface area contributed by atoms with Crippen LogP contribution in [0.25, 0.3) is 0 Å². The minimum absolute atomic E-state index is 0.0305. The van der Waals surface area contributed by atoms with Crippen LogP contribution in [0.1, 0.15) is 22.3 Å². The Balaban J connectivity index is 2.18. The molecule has 0 heterocycles. The summed E-state index contributed by atoms with van der Waals surface area (Å²) in [5, 5.41) is 9.94. The first-order valence-electron chi connectivity index (χ1n) is 8.42. The van der Waals surface area contributed by atoms with Gasteiger partial charge in [-0.15, -0.1) is 0 Å². The van der Waals surface area contributed by atoms with E-state index in [-0.39, 0.29) is 12.1 Å². The molecule has 7 nitrogen and oxygen atoms in total. The normalized spacial score (nSPS) is 11.8. The number of rotatable bonds is 7. The van der Waals surface area contributed by atoms with Crippen LogP contribution in [0.15, 0.2) is 47.4 Å². The first-order chi connectivity index (χ1) is 13.9. The van der Waals surface area contributed by atoms with Gasteiger partial charge in [0.05, 0.1) is 23.3 Å². The van der Waals surface area contributed by atoms with Crippen molar-refractivity contribution in [1.82, 2.24) is 5.32 Å². The number of amides is 2. The predicted molar refractivity (Wildman–Crippen MR) is 105 cm³/mol. The number of nitrogens with one attached hydrogen (secondary N) is 2. The number of carbonyl (C=O) groups excluding carboxylic acids is 2. The summed E-state index contributed by atoms with van der Waals surface area (Å²) in [6.45, 7) is -0.733. The lowest BCUT2D eigenvalue weighted by Gasteiger charge is -2.12. The fourth-order valence-electron chi connectivity index (χ4n) is 2.46. The Bertz CT molecular complexity index is 1060. The minimum atomic E-state index is -4.48. The molecule has 0 unspecified atom stereocenters. The van der Waals surface area contributed by atoms with Gasteiger partial charge in [-0.2, -0.15) is 13.2 Å². The lowest BCUT2D eigenvalue weighted by molar-refractivity contribution is -0.133. The molecule has 12 heteroatoms. The number of benzene rings is 2. The van der Waals surface area contributed by atoms with Crippen LogP contribution in [0, 0.1) is 0 Å². The Hall–Kier alpha value is -2.63. The number of hydrogen-bond acceptors (Lipinski definition) is 4. The monoisotopic (exact) mass is 463 g/mol. The maximum Gasteiger partial charge on any atom is 0.390 e. The number of primary sulfonamides is 1. The van der Waals surface area contributed by atoms with Crippen LogP contribution in [0.2, 0.25) is 5.02 Å². The number of sulfonamides is 1. The first-order valence-corrected chi connectivity index (χ1v) is 10.3. The molecule has 2 rings (SSSR count). The number of anilines is 1. The first kappa shape index (κ1) is 23.6. The Kier molecular flexibility index (Phi) is 7.45. The summed E-state index contributed by atoms with van der Waals surface area (Å²) >= 11 is 5.99. The Labute approximate surface area is 175 Å². The minimum Gasteiger partial charge on any atom is -0.352 e. The van der Waals surface area contributed by atoms with E-state index in [1.807, 2.05) is 5.32 Å². The van der Waals surface area contributed by atoms with Crippen molar-refractivity contribution in [3.05, 3.63) is 58.6 Å². The Morgan fingerprint density at radius 3 is 2.37 bits per heavy atom. The van der Waals surface area contributed by atoms with Gasteiger partial charge >= 0.3 is 6.18 Å². The zero-order valence-corrected chi connectivity index (χ0v) is 16.9. The molecular formula is C18H17ClF3N3O4S. The molecular weight excluding hydrogens is 447 g/mol. The Morgan fingerprint density at radius 1 is 1.10 bits per heavy atom. The standard InChI is InChI=1S/C18H17ClF3N3O4S/c19-14-4-2-1-3-11(14)9-16(26)25-12-5-6-13(15(10-12)30(23,28)29)17(27)24-8-7-18(20,21)22/h1-6,10H,7-9H2,(H,24,27)(H,25,26)(H2,23,28,29). The zero-order chi connectivity index (χ0) is 22.5. The third-order valence-corrected chi connectivity index (χ3v) is 5.14. The van der Waals surface area contributed by atoms with Crippen LogP contribution in [0.4, 0.5) is 18.9 Å². The maximum atomic E-state index is 12.2. The SMILES string of the molecule is NS(=O)(=O)c1cc(NC(=O)Cc2ccccc2Cl)ccc1C(=O)NCCC(F)(F)F. The number of nitrogens with two attached hydrogens (primary N) is 1. The molecule has 0 saturated heterocycles. The van der Waals surface area contributed by atoms with Gasteiger partial charge in [-0.3, -0.25) is 9.59 Å². The van der Waals surface area contributed by atoms with Crippen molar-refractivity contribution < 1.29 is 31.2 Å². The van der Waals surface area contributed by atoms with Crippen LogP contribution in [-0.2, 0) is 21.2 Å². The van der Waals surface area contributed by atoms with Gasteiger partial charge in [0.2, 0.25) is 15.9 Å². The summed E-state index contributed by atoms with van der Waals surface area (Å²) < 4.78 is 60.4. The van der Waals surface area contributed by atoms with E-state index in [0.29, 0.717) is 10.6 Å². The third-order valence-electron chi connectivity index (χ3n) is 3.82. The summed E-state index contributed by atoms with van der Waals surface area (Å²) in [5.74, 6) is -1.55. The molecule has 2 aromatic carbocycles. The second kappa shape index (κ2) is 9.45. The molecule has 30 heavy (non-hydrogen) atoms. The number of halogens is 4. The van der Waals surface area contributed by atoms with Gasteiger partial charge in [-0.1, -0.05) is 29.8 Å². The van der Waals surface area contributed by atoms with Gasteiger partial charge in [-0.05, 0) is 29.8 Å². The van der Waals surface area contributed by atoms with Crippen molar-refractivity contribution in [2.45, 2.75) is 23.9 Å². The van der Waals surface area contributed by atoms with E-state index >= 15 is 0 Å². The molecule has 0 aliphatic rings. The smallest absolute Gasteiger partial charge is 0.352 e. The van der Waals surface area contributed by atoms with Crippen molar-refractivity contribution in [2.24, 2.45) is 5.14 Å². The molecule has 0 aliphatic carbocycles. The van der Waals surface area contributed by atoms with E-state index in [0.717, 1.165) is 12.1 Å². The van der Waals surface area contributed by atoms with Gasteiger partial charge in [0.15, 0.2) is 0 Å². The van der Waals surface area contributed by atoms with Crippen molar-refractivity contribution >= 4 is 39.1 Å². The predicted octanol–water partition coefficient (Wildman–Crippen LogP) is 2.85. The van der Waals surface area contributed by atoms with Gasteiger partial charge in [-0.25, -0.2) is 13.6 Å². The number of alkyl halides is 3. The van der Waals surface area contributed by atoms with Crippen LogP contribution < -0.4 is 15.8 Å². The molecule has 0 fully saturated rings. The molecule has 0 spiro atoms. The van der Waals surface area contributed by atoms with E-state index in [9.17, 15) is 31.2 Å². The quantitative estimate of drug-likeness (QED) is 0.585. The van der Waals surface area contributed by atoms with E-state index in [1.54, 1.807) is 24.3 Å². The fourth-order valence-corrected chi connectivity index (χ4v) is 3.42. The summed E-state index contributed by atoms with van der Waals surface area (Å²) in [7, 11) is -4.41. The molecule has 162 valence electrons. The van der Waals surface area contributed by atoms with Crippen molar-refractivity contribution in [3.63, 3.8) is 0 Å². The Morgan fingerprint density at radius 2 is 1.77 bits per heavy atom. The molecule has 0 radical (unpaired) electrons. The number of carbonyl (C=O) groups is 2. The van der Waals surface area contributed by atoms with Gasteiger partial charge in [0.1, 0.15) is 0 Å². The molecule has 2 amide bonds. The molecule has 2 aromatic rings. The fraction of sp³-hybridized carbons (Fsp3) is 0.222. The van der Waals surface area contributed by atoms with Crippen molar-refractivity contribution in [1.29, 1.82) is 0 Å². The van der Waals surface area contributed by atoms with E-state index in [4.69, 9.17) is 16.7 Å². The summed E-state index contributed by atoms with van der Waals surface area (Å²) in [4.78, 5) is 23.7. The van der Waals surface area contributed by atoms with E-state index in [2.05, 4.69) is 5.32 Å². The van der Waals surface area contributed by atoms with E-state index < -0.39 is 51.4 Å². The van der Waals surface area contributed by atoms with Crippen molar-refractivity contribution in [3.8, 4) is 0 Å². The highest BCUT2D eigenvalue weighted by molar-refractivity contribution is 7.89. The maximum absolute atomic E-state index is 12.2. The van der Waals surface area contributed by atoms with Gasteiger partial charge in [0, 0.05) is 17.3 Å². The second-order valence-corrected chi connectivity index (χ2v) is 8.13. The van der Waals surface area contributed by atoms with Gasteiger partial charge < -0.3 is 10.6 Å². The lowest BCUT2D eigenvalue weighted by Crippen LogP contribution is -2.30. The molecule has 4 N–H and O–H groups in total. The average molecular weight is 464 g/mol. The van der Waals surface area contributed by atoms with Crippen LogP contribution in [-0.4, -0.2) is 33.0 Å². The molecule has 0 bridgehead atoms. The second-order valence-electron chi connectivity index (χ2n) is 6.19. The summed E-state index contributed by atoms with van der Waals surface area (Å²) in [6, 6.07) is 9.88. The molecule has 0 saturated carbocycles. The van der Waals surface area contributed by atoms with Crippen LogP contribution in [0.3, 0.4) is 0 Å². The number of hydrogen-bond donors (Lipinski definition) is 3. The largest absolute Gasteiger partial charge is 0.390 e. The highest BCUT2D eigenvalue weighted by Crippen LogP contribution is 2.22. The van der Waals surface area contributed by atoms with Crippen LogP contribution in [0.5, 0.6) is 0 Å². The van der Waals surface area contributed by atoms with E-state index in [1.165, 1.54) is 6.07 Å². The summed E-state index contributed by atoms with van der Waals surface area (Å²) in [5.41, 5.74) is 0.135. The van der Waals surface area contributed by atoms with Gasteiger partial charge in [0.25, 0.3) is 5.91 Å². The van der Waals surface area contributed by atoms with Crippen LogP contribution >= 0.6 is 11.6 Å². The third kappa shape index (κ3) is 7.01. The molecule has 0 atom stereocenters. The highest BCUT2D eigenvalue weighted by atomic mass is 35.5. The zero-order valence-electron chi connectivity index (χ0n) is 15.3. The topological polar surface area (TPSA) is 118 Å².